The number of amides is 1. The van der Waals surface area contributed by atoms with Gasteiger partial charge in [-0.2, -0.15) is 0 Å². The highest BCUT2D eigenvalue weighted by molar-refractivity contribution is 5.93. The maximum atomic E-state index is 14.3. The number of carbonyl (C=O) groups is 1. The standard InChI is InChI=1S/C11H15F2NO/c1-3-8-7(10(14)15)5-6-9(12)11(8,13)4-2/h5-6,8H,3-4H2,1-2H3,(H2,14,15). The summed E-state index contributed by atoms with van der Waals surface area (Å²) in [4.78, 5) is 11.1. The lowest BCUT2D eigenvalue weighted by Gasteiger charge is -2.34. The Morgan fingerprint density at radius 2 is 2.13 bits per heavy atom. The number of nitrogens with two attached hydrogens (primary N) is 1. The zero-order valence-corrected chi connectivity index (χ0v) is 8.89. The van der Waals surface area contributed by atoms with Crippen molar-refractivity contribution in [3.05, 3.63) is 23.6 Å². The van der Waals surface area contributed by atoms with Crippen molar-refractivity contribution in [2.24, 2.45) is 11.7 Å². The zero-order chi connectivity index (χ0) is 11.6. The Morgan fingerprint density at radius 3 is 2.53 bits per heavy atom. The summed E-state index contributed by atoms with van der Waals surface area (Å²) in [5.41, 5.74) is 3.22. The van der Waals surface area contributed by atoms with Gasteiger partial charge in [0, 0.05) is 11.5 Å². The van der Waals surface area contributed by atoms with E-state index in [1.54, 1.807) is 13.8 Å². The summed E-state index contributed by atoms with van der Waals surface area (Å²) in [6.07, 6.45) is 2.62. The lowest BCUT2D eigenvalue weighted by Crippen LogP contribution is -2.39. The van der Waals surface area contributed by atoms with Gasteiger partial charge in [0.15, 0.2) is 5.67 Å². The van der Waals surface area contributed by atoms with Crippen LogP contribution in [0.5, 0.6) is 0 Å². The van der Waals surface area contributed by atoms with Crippen molar-refractivity contribution >= 4 is 5.91 Å². The van der Waals surface area contributed by atoms with Gasteiger partial charge >= 0.3 is 0 Å². The van der Waals surface area contributed by atoms with Crippen molar-refractivity contribution in [1.29, 1.82) is 0 Å². The third-order valence-electron chi connectivity index (χ3n) is 2.94. The highest BCUT2D eigenvalue weighted by Crippen LogP contribution is 2.43. The van der Waals surface area contributed by atoms with Crippen molar-refractivity contribution in [2.45, 2.75) is 32.4 Å². The fourth-order valence-electron chi connectivity index (χ4n) is 2.04. The van der Waals surface area contributed by atoms with E-state index in [0.29, 0.717) is 6.42 Å². The Kier molecular flexibility index (Phi) is 3.27. The molecule has 0 fully saturated rings. The molecule has 0 saturated heterocycles. The first-order chi connectivity index (χ1) is 6.97. The predicted octanol–water partition coefficient (Wildman–Crippen LogP) is 2.41. The lowest BCUT2D eigenvalue weighted by molar-refractivity contribution is -0.115. The Morgan fingerprint density at radius 1 is 1.53 bits per heavy atom. The van der Waals surface area contributed by atoms with Crippen LogP contribution in [0, 0.1) is 5.92 Å². The summed E-state index contributed by atoms with van der Waals surface area (Å²) < 4.78 is 27.7. The molecule has 1 rings (SSSR count). The molecule has 2 N–H and O–H groups in total. The van der Waals surface area contributed by atoms with E-state index >= 15 is 0 Å². The number of halogens is 2. The topological polar surface area (TPSA) is 43.1 Å². The van der Waals surface area contributed by atoms with Crippen LogP contribution >= 0.6 is 0 Å². The van der Waals surface area contributed by atoms with E-state index in [-0.39, 0.29) is 12.0 Å². The summed E-state index contributed by atoms with van der Waals surface area (Å²) in [7, 11) is 0. The van der Waals surface area contributed by atoms with Gasteiger partial charge in [-0.15, -0.1) is 0 Å². The van der Waals surface area contributed by atoms with Crippen LogP contribution in [0.1, 0.15) is 26.7 Å². The second-order valence-electron chi connectivity index (χ2n) is 3.68. The third-order valence-corrected chi connectivity index (χ3v) is 2.94. The molecule has 1 aliphatic rings. The van der Waals surface area contributed by atoms with E-state index in [0.717, 1.165) is 6.08 Å². The van der Waals surface area contributed by atoms with Crippen molar-refractivity contribution < 1.29 is 13.6 Å². The third kappa shape index (κ3) is 1.80. The normalized spacial score (nSPS) is 30.8. The number of allylic oxidation sites excluding steroid dienone is 3. The molecule has 0 bridgehead atoms. The Balaban J connectivity index is 3.19. The Bertz CT molecular complexity index is 335. The van der Waals surface area contributed by atoms with Crippen LogP contribution in [0.2, 0.25) is 0 Å². The number of hydrogen-bond donors (Lipinski definition) is 1. The maximum Gasteiger partial charge on any atom is 0.245 e. The molecule has 0 radical (unpaired) electrons. The van der Waals surface area contributed by atoms with Crippen LogP contribution in [-0.2, 0) is 4.79 Å². The minimum absolute atomic E-state index is 0.00153. The first-order valence-corrected chi connectivity index (χ1v) is 5.03. The molecule has 1 amide bonds. The summed E-state index contributed by atoms with van der Waals surface area (Å²) in [5, 5.41) is 0. The number of primary amides is 1. The minimum atomic E-state index is -2.08. The summed E-state index contributed by atoms with van der Waals surface area (Å²) in [6, 6.07) is 0. The van der Waals surface area contributed by atoms with Gasteiger partial charge < -0.3 is 5.73 Å². The highest BCUT2D eigenvalue weighted by Gasteiger charge is 2.45. The Labute approximate surface area is 87.8 Å². The fourth-order valence-corrected chi connectivity index (χ4v) is 2.04. The van der Waals surface area contributed by atoms with Gasteiger partial charge in [-0.1, -0.05) is 19.9 Å². The number of rotatable bonds is 3. The van der Waals surface area contributed by atoms with E-state index in [2.05, 4.69) is 0 Å². The molecule has 1 aliphatic carbocycles. The molecule has 0 aromatic carbocycles. The molecule has 0 aliphatic heterocycles. The van der Waals surface area contributed by atoms with Crippen molar-refractivity contribution in [1.82, 2.24) is 0 Å². The SMILES string of the molecule is CCC1C(C(N)=O)=CC=C(F)C1(F)CC. The molecule has 2 nitrogen and oxygen atoms in total. The monoisotopic (exact) mass is 215 g/mol. The molecule has 84 valence electrons. The lowest BCUT2D eigenvalue weighted by atomic mass is 9.75. The van der Waals surface area contributed by atoms with E-state index in [9.17, 15) is 13.6 Å². The van der Waals surface area contributed by atoms with Crippen LogP contribution < -0.4 is 5.73 Å². The van der Waals surface area contributed by atoms with Gasteiger partial charge in [-0.25, -0.2) is 8.78 Å². The average molecular weight is 215 g/mol. The van der Waals surface area contributed by atoms with Crippen LogP contribution in [-0.4, -0.2) is 11.6 Å². The van der Waals surface area contributed by atoms with E-state index in [1.165, 1.54) is 6.08 Å². The number of carbonyl (C=O) groups excluding carboxylic acids is 1. The molecule has 0 aromatic heterocycles. The van der Waals surface area contributed by atoms with Gasteiger partial charge in [-0.05, 0) is 18.9 Å². The molecular weight excluding hydrogens is 200 g/mol. The molecule has 0 saturated carbocycles. The van der Waals surface area contributed by atoms with Gasteiger partial charge in [0.2, 0.25) is 5.91 Å². The van der Waals surface area contributed by atoms with Crippen LogP contribution in [0.3, 0.4) is 0 Å². The number of hydrogen-bond acceptors (Lipinski definition) is 1. The van der Waals surface area contributed by atoms with Crippen molar-refractivity contribution in [2.75, 3.05) is 0 Å². The highest BCUT2D eigenvalue weighted by atomic mass is 19.2. The molecule has 0 spiro atoms. The van der Waals surface area contributed by atoms with Crippen LogP contribution in [0.25, 0.3) is 0 Å². The second-order valence-corrected chi connectivity index (χ2v) is 3.68. The fraction of sp³-hybridized carbons (Fsp3) is 0.545. The van der Waals surface area contributed by atoms with E-state index < -0.39 is 23.3 Å². The number of alkyl halides is 1. The second kappa shape index (κ2) is 4.13. The summed E-state index contributed by atoms with van der Waals surface area (Å²) >= 11 is 0. The molecule has 4 heteroatoms. The average Bonchev–Trinajstić information content (AvgIpc) is 2.21. The quantitative estimate of drug-likeness (QED) is 0.771. The summed E-state index contributed by atoms with van der Waals surface area (Å²) in [5.74, 6) is -2.27. The molecule has 2 atom stereocenters. The van der Waals surface area contributed by atoms with Gasteiger partial charge in [-0.3, -0.25) is 4.79 Å². The molecular formula is C11H15F2NO. The van der Waals surface area contributed by atoms with Gasteiger partial charge in [0.05, 0.1) is 0 Å². The smallest absolute Gasteiger partial charge is 0.245 e. The van der Waals surface area contributed by atoms with Crippen molar-refractivity contribution in [3.63, 3.8) is 0 Å². The zero-order valence-electron chi connectivity index (χ0n) is 8.89. The molecule has 15 heavy (non-hydrogen) atoms. The minimum Gasteiger partial charge on any atom is -0.366 e. The predicted molar refractivity (Wildman–Crippen MR) is 54.4 cm³/mol. The first-order valence-electron chi connectivity index (χ1n) is 5.03. The molecule has 2 unspecified atom stereocenters. The Hall–Kier alpha value is -1.19. The molecule has 0 heterocycles. The van der Waals surface area contributed by atoms with Gasteiger partial charge in [0.1, 0.15) is 5.83 Å². The van der Waals surface area contributed by atoms with E-state index in [1.807, 2.05) is 0 Å². The van der Waals surface area contributed by atoms with Gasteiger partial charge in [0.25, 0.3) is 0 Å². The van der Waals surface area contributed by atoms with Crippen LogP contribution in [0.15, 0.2) is 23.6 Å². The first kappa shape index (κ1) is 11.9. The maximum absolute atomic E-state index is 14.3. The van der Waals surface area contributed by atoms with Crippen LogP contribution in [0.4, 0.5) is 8.78 Å². The summed E-state index contributed by atoms with van der Waals surface area (Å²) in [6.45, 7) is 3.27. The van der Waals surface area contributed by atoms with Crippen molar-refractivity contribution in [3.8, 4) is 0 Å². The van der Waals surface area contributed by atoms with E-state index in [4.69, 9.17) is 5.73 Å². The molecule has 0 aromatic rings. The largest absolute Gasteiger partial charge is 0.366 e.